The highest BCUT2D eigenvalue weighted by atomic mass is 32.2. The first kappa shape index (κ1) is 27.4. The van der Waals surface area contributed by atoms with E-state index in [2.05, 4.69) is 29.7 Å². The van der Waals surface area contributed by atoms with Gasteiger partial charge in [-0.05, 0) is 31.5 Å². The second-order valence-electron chi connectivity index (χ2n) is 9.24. The van der Waals surface area contributed by atoms with E-state index in [0.717, 1.165) is 56.9 Å². The number of thioether (sulfide) groups is 1. The zero-order valence-electron chi connectivity index (χ0n) is 21.4. The lowest BCUT2D eigenvalue weighted by Crippen LogP contribution is -2.48. The molecule has 1 aromatic rings. The molecule has 2 fully saturated rings. The van der Waals surface area contributed by atoms with Crippen LogP contribution in [0.15, 0.2) is 9.70 Å². The van der Waals surface area contributed by atoms with Crippen LogP contribution in [0.2, 0.25) is 0 Å². The van der Waals surface area contributed by atoms with Crippen LogP contribution in [0.25, 0.3) is 6.08 Å². The monoisotopic (exact) mass is 515 g/mol. The van der Waals surface area contributed by atoms with Gasteiger partial charge in [0.15, 0.2) is 0 Å². The standard InChI is InChI=1S/C26H37N5O2S2/c1-5-7-8-9-10-11-12-31-25(33)22(35-26(31)34)17-20-19(3)21(18-27)24(32)28(4)23(20)30-15-13-29(6-2)14-16-30/h17H,5-16H2,1-4H3/b22-17-. The molecule has 2 aliphatic rings. The molecule has 2 saturated heterocycles. The molecule has 190 valence electrons. The predicted molar refractivity (Wildman–Crippen MR) is 149 cm³/mol. The Morgan fingerprint density at radius 1 is 1.06 bits per heavy atom. The first-order valence-electron chi connectivity index (χ1n) is 12.7. The summed E-state index contributed by atoms with van der Waals surface area (Å²) in [5.41, 5.74) is 1.20. The zero-order valence-corrected chi connectivity index (χ0v) is 23.1. The summed E-state index contributed by atoms with van der Waals surface area (Å²) in [6, 6.07) is 2.08. The Morgan fingerprint density at radius 3 is 2.34 bits per heavy atom. The molecular weight excluding hydrogens is 478 g/mol. The number of amides is 1. The lowest BCUT2D eigenvalue weighted by Gasteiger charge is -2.37. The molecule has 0 radical (unpaired) electrons. The molecule has 0 saturated carbocycles. The summed E-state index contributed by atoms with van der Waals surface area (Å²) in [4.78, 5) is 33.1. The molecule has 0 bridgehead atoms. The number of thiocarbonyl (C=S) groups is 1. The van der Waals surface area contributed by atoms with Gasteiger partial charge in [-0.1, -0.05) is 69.9 Å². The Bertz CT molecular complexity index is 1080. The van der Waals surface area contributed by atoms with Gasteiger partial charge in [0.25, 0.3) is 11.5 Å². The summed E-state index contributed by atoms with van der Waals surface area (Å²) in [7, 11) is 1.71. The lowest BCUT2D eigenvalue weighted by atomic mass is 10.0. The lowest BCUT2D eigenvalue weighted by molar-refractivity contribution is -0.122. The maximum absolute atomic E-state index is 13.3. The number of piperazine rings is 1. The molecule has 0 aromatic carbocycles. The minimum absolute atomic E-state index is 0.0814. The van der Waals surface area contributed by atoms with Crippen LogP contribution in [0.5, 0.6) is 0 Å². The highest BCUT2D eigenvalue weighted by molar-refractivity contribution is 8.26. The van der Waals surface area contributed by atoms with Crippen molar-refractivity contribution >= 4 is 46.1 Å². The van der Waals surface area contributed by atoms with Crippen molar-refractivity contribution in [2.45, 2.75) is 59.3 Å². The molecule has 0 N–H and O–H groups in total. The van der Waals surface area contributed by atoms with E-state index in [1.54, 1.807) is 23.4 Å². The molecule has 7 nitrogen and oxygen atoms in total. The SMILES string of the molecule is CCCCCCCCN1C(=O)/C(=C/c2c(C)c(C#N)c(=O)n(C)c2N2CCN(CC)CC2)SC1=S. The molecule has 1 aromatic heterocycles. The van der Waals surface area contributed by atoms with E-state index in [1.807, 2.05) is 6.08 Å². The van der Waals surface area contributed by atoms with Gasteiger partial charge in [0.2, 0.25) is 0 Å². The fourth-order valence-corrected chi connectivity index (χ4v) is 6.03. The van der Waals surface area contributed by atoms with Gasteiger partial charge < -0.3 is 9.80 Å². The van der Waals surface area contributed by atoms with E-state index >= 15 is 0 Å². The van der Waals surface area contributed by atoms with Gasteiger partial charge in [-0.25, -0.2) is 0 Å². The number of carbonyl (C=O) groups is 1. The second-order valence-corrected chi connectivity index (χ2v) is 10.9. The summed E-state index contributed by atoms with van der Waals surface area (Å²) in [5.74, 6) is 0.686. The number of pyridine rings is 1. The van der Waals surface area contributed by atoms with Gasteiger partial charge in [0.1, 0.15) is 21.8 Å². The third-order valence-corrected chi connectivity index (χ3v) is 8.35. The van der Waals surface area contributed by atoms with Crippen molar-refractivity contribution in [3.8, 4) is 6.07 Å². The molecule has 0 spiro atoms. The highest BCUT2D eigenvalue weighted by Gasteiger charge is 2.33. The summed E-state index contributed by atoms with van der Waals surface area (Å²) >= 11 is 6.86. The average molecular weight is 516 g/mol. The van der Waals surface area contributed by atoms with Gasteiger partial charge in [-0.15, -0.1) is 0 Å². The largest absolute Gasteiger partial charge is 0.355 e. The Balaban J connectivity index is 1.89. The van der Waals surface area contributed by atoms with Gasteiger partial charge in [0, 0.05) is 45.3 Å². The van der Waals surface area contributed by atoms with Crippen LogP contribution in [0, 0.1) is 18.3 Å². The normalized spacial score (nSPS) is 18.1. The van der Waals surface area contributed by atoms with Gasteiger partial charge in [-0.2, -0.15) is 5.26 Å². The molecule has 0 unspecified atom stereocenters. The quantitative estimate of drug-likeness (QED) is 0.262. The number of carbonyl (C=O) groups excluding carboxylic acids is 1. The molecule has 3 rings (SSSR count). The first-order valence-corrected chi connectivity index (χ1v) is 13.9. The van der Waals surface area contributed by atoms with Crippen molar-refractivity contribution in [2.24, 2.45) is 7.05 Å². The number of rotatable bonds is 10. The molecule has 1 amide bonds. The number of aromatic nitrogens is 1. The highest BCUT2D eigenvalue weighted by Crippen LogP contribution is 2.36. The van der Waals surface area contributed by atoms with Crippen LogP contribution >= 0.6 is 24.0 Å². The predicted octanol–water partition coefficient (Wildman–Crippen LogP) is 4.27. The molecule has 9 heteroatoms. The minimum atomic E-state index is -0.300. The van der Waals surface area contributed by atoms with E-state index in [9.17, 15) is 14.9 Å². The van der Waals surface area contributed by atoms with Crippen molar-refractivity contribution in [3.63, 3.8) is 0 Å². The van der Waals surface area contributed by atoms with Gasteiger partial charge in [-0.3, -0.25) is 19.1 Å². The van der Waals surface area contributed by atoms with Gasteiger partial charge in [0.05, 0.1) is 4.91 Å². The smallest absolute Gasteiger partial charge is 0.270 e. The van der Waals surface area contributed by atoms with Crippen molar-refractivity contribution in [1.82, 2.24) is 14.4 Å². The van der Waals surface area contributed by atoms with Crippen LogP contribution in [0.4, 0.5) is 5.82 Å². The van der Waals surface area contributed by atoms with Crippen LogP contribution in [0.3, 0.4) is 0 Å². The van der Waals surface area contributed by atoms with E-state index < -0.39 is 0 Å². The molecule has 35 heavy (non-hydrogen) atoms. The fraction of sp³-hybridized carbons (Fsp3) is 0.615. The number of hydrogen-bond donors (Lipinski definition) is 0. The summed E-state index contributed by atoms with van der Waals surface area (Å²) in [6.07, 6.45) is 8.76. The number of nitrogens with zero attached hydrogens (tertiary/aromatic N) is 5. The number of nitriles is 1. The fourth-order valence-electron chi connectivity index (χ4n) is 4.74. The third-order valence-electron chi connectivity index (χ3n) is 6.97. The second kappa shape index (κ2) is 12.7. The topological polar surface area (TPSA) is 72.6 Å². The number of anilines is 1. The Labute approximate surface area is 218 Å². The maximum Gasteiger partial charge on any atom is 0.270 e. The third kappa shape index (κ3) is 6.16. The van der Waals surface area contributed by atoms with Gasteiger partial charge >= 0.3 is 0 Å². The molecule has 0 aliphatic carbocycles. The van der Waals surface area contributed by atoms with Crippen molar-refractivity contribution in [3.05, 3.63) is 31.9 Å². The van der Waals surface area contributed by atoms with Crippen molar-refractivity contribution in [2.75, 3.05) is 44.2 Å². The van der Waals surface area contributed by atoms with Crippen LogP contribution < -0.4 is 10.5 Å². The first-order chi connectivity index (χ1) is 16.8. The van der Waals surface area contributed by atoms with Crippen LogP contribution in [-0.2, 0) is 11.8 Å². The average Bonchev–Trinajstić information content (AvgIpc) is 3.12. The minimum Gasteiger partial charge on any atom is -0.355 e. The van der Waals surface area contributed by atoms with Crippen LogP contribution in [-0.4, -0.2) is 63.9 Å². The van der Waals surface area contributed by atoms with E-state index in [-0.39, 0.29) is 17.0 Å². The van der Waals surface area contributed by atoms with Crippen LogP contribution in [0.1, 0.15) is 69.1 Å². The zero-order chi connectivity index (χ0) is 25.5. The van der Waals surface area contributed by atoms with E-state index in [0.29, 0.717) is 21.3 Å². The molecular formula is C26H37N5O2S2. The van der Waals surface area contributed by atoms with Crippen molar-refractivity contribution in [1.29, 1.82) is 5.26 Å². The summed E-state index contributed by atoms with van der Waals surface area (Å²) in [6.45, 7) is 11.2. The number of likely N-dealkylation sites (N-methyl/N-ethyl adjacent to an activating group) is 1. The molecule has 2 aliphatic heterocycles. The Kier molecular flexibility index (Phi) is 9.96. The summed E-state index contributed by atoms with van der Waals surface area (Å²) < 4.78 is 2.15. The molecule has 3 heterocycles. The molecule has 0 atom stereocenters. The van der Waals surface area contributed by atoms with E-state index in [4.69, 9.17) is 12.2 Å². The van der Waals surface area contributed by atoms with Crippen molar-refractivity contribution < 1.29 is 4.79 Å². The Hall–Kier alpha value is -2.15. The number of unbranched alkanes of at least 4 members (excludes halogenated alkanes) is 5. The maximum atomic E-state index is 13.3. The Morgan fingerprint density at radius 2 is 1.71 bits per heavy atom. The summed E-state index contributed by atoms with van der Waals surface area (Å²) in [5, 5.41) is 9.68. The van der Waals surface area contributed by atoms with E-state index in [1.165, 1.54) is 37.4 Å². The number of hydrogen-bond acceptors (Lipinski definition) is 7.